The summed E-state index contributed by atoms with van der Waals surface area (Å²) in [5.41, 5.74) is 1.29. The highest BCUT2D eigenvalue weighted by Crippen LogP contribution is 2.18. The molecule has 0 aromatic heterocycles. The maximum Gasteiger partial charge on any atom is 0.123 e. The molecule has 1 N–H and O–H groups in total. The molecule has 18 heavy (non-hydrogen) atoms. The predicted octanol–water partition coefficient (Wildman–Crippen LogP) is 2.99. The van der Waals surface area contributed by atoms with Gasteiger partial charge < -0.3 is 14.8 Å². The van der Waals surface area contributed by atoms with Gasteiger partial charge in [0, 0.05) is 24.3 Å². The summed E-state index contributed by atoms with van der Waals surface area (Å²) >= 11 is 0. The summed E-state index contributed by atoms with van der Waals surface area (Å²) in [5, 5.41) is 3.47. The summed E-state index contributed by atoms with van der Waals surface area (Å²) < 4.78 is 11.0. The minimum atomic E-state index is 0.110. The Hall–Kier alpha value is -1.06. The molecule has 0 saturated carbocycles. The number of nitrogens with one attached hydrogen (secondary N) is 1. The molecule has 1 aromatic rings. The largest absolute Gasteiger partial charge is 0.491 e. The van der Waals surface area contributed by atoms with E-state index in [1.54, 1.807) is 0 Å². The molecular formula is C15H25NO2. The lowest BCUT2D eigenvalue weighted by atomic mass is 10.1. The number of ether oxygens (including phenoxy) is 2. The quantitative estimate of drug-likeness (QED) is 0.756. The lowest BCUT2D eigenvalue weighted by Crippen LogP contribution is -2.35. The molecule has 1 aromatic carbocycles. The Morgan fingerprint density at radius 2 is 1.83 bits per heavy atom. The van der Waals surface area contributed by atoms with Crippen LogP contribution in [0.1, 0.15) is 33.3 Å². The summed E-state index contributed by atoms with van der Waals surface area (Å²) in [4.78, 5) is 0. The van der Waals surface area contributed by atoms with Crippen molar-refractivity contribution in [2.45, 2.75) is 39.8 Å². The van der Waals surface area contributed by atoms with Crippen LogP contribution in [0.2, 0.25) is 0 Å². The van der Waals surface area contributed by atoms with Crippen molar-refractivity contribution in [3.8, 4) is 5.75 Å². The first-order valence-electron chi connectivity index (χ1n) is 6.56. The van der Waals surface area contributed by atoms with Crippen molar-refractivity contribution in [1.29, 1.82) is 0 Å². The van der Waals surface area contributed by atoms with E-state index in [4.69, 9.17) is 9.47 Å². The van der Waals surface area contributed by atoms with Crippen molar-refractivity contribution in [2.75, 3.05) is 19.8 Å². The fraction of sp³-hybridized carbons (Fsp3) is 0.600. The Bertz CT molecular complexity index is 345. The molecule has 0 amide bonds. The van der Waals surface area contributed by atoms with Crippen LogP contribution < -0.4 is 10.1 Å². The SMILES string of the molecule is CCOCCOc1ccccc1CNC(C)(C)C. The van der Waals surface area contributed by atoms with E-state index in [0.29, 0.717) is 13.2 Å². The van der Waals surface area contributed by atoms with E-state index in [9.17, 15) is 0 Å². The van der Waals surface area contributed by atoms with Gasteiger partial charge in [0.15, 0.2) is 0 Å². The molecule has 1 rings (SSSR count). The summed E-state index contributed by atoms with van der Waals surface area (Å²) in [6.07, 6.45) is 0. The molecule has 3 nitrogen and oxygen atoms in total. The van der Waals surface area contributed by atoms with E-state index >= 15 is 0 Å². The van der Waals surface area contributed by atoms with E-state index in [-0.39, 0.29) is 5.54 Å². The first-order valence-corrected chi connectivity index (χ1v) is 6.56. The maximum absolute atomic E-state index is 5.74. The summed E-state index contributed by atoms with van der Waals surface area (Å²) in [6, 6.07) is 8.13. The van der Waals surface area contributed by atoms with Crippen LogP contribution >= 0.6 is 0 Å². The summed E-state index contributed by atoms with van der Waals surface area (Å²) in [5.74, 6) is 0.939. The monoisotopic (exact) mass is 251 g/mol. The summed E-state index contributed by atoms with van der Waals surface area (Å²) in [7, 11) is 0. The number of para-hydroxylation sites is 1. The molecule has 0 aliphatic heterocycles. The third-order valence-corrected chi connectivity index (χ3v) is 2.47. The highest BCUT2D eigenvalue weighted by molar-refractivity contribution is 5.33. The average molecular weight is 251 g/mol. The van der Waals surface area contributed by atoms with Crippen molar-refractivity contribution < 1.29 is 9.47 Å². The second-order valence-corrected chi connectivity index (χ2v) is 5.26. The Labute approximate surface area is 110 Å². The molecule has 0 saturated heterocycles. The molecule has 0 atom stereocenters. The van der Waals surface area contributed by atoms with Gasteiger partial charge in [-0.15, -0.1) is 0 Å². The standard InChI is InChI=1S/C15H25NO2/c1-5-17-10-11-18-14-9-7-6-8-13(14)12-16-15(2,3)4/h6-9,16H,5,10-12H2,1-4H3. The Kier molecular flexibility index (Phi) is 6.16. The Morgan fingerprint density at radius 1 is 1.11 bits per heavy atom. The van der Waals surface area contributed by atoms with Crippen LogP contribution in [0.3, 0.4) is 0 Å². The summed E-state index contributed by atoms with van der Waals surface area (Å²) in [6.45, 7) is 11.2. The highest BCUT2D eigenvalue weighted by atomic mass is 16.5. The first kappa shape index (κ1) is 15.0. The molecular weight excluding hydrogens is 226 g/mol. The number of hydrogen-bond acceptors (Lipinski definition) is 3. The number of benzene rings is 1. The fourth-order valence-corrected chi connectivity index (χ4v) is 1.51. The van der Waals surface area contributed by atoms with Gasteiger partial charge in [-0.25, -0.2) is 0 Å². The van der Waals surface area contributed by atoms with Gasteiger partial charge in [-0.05, 0) is 33.8 Å². The minimum Gasteiger partial charge on any atom is -0.491 e. The molecule has 0 spiro atoms. The zero-order valence-corrected chi connectivity index (χ0v) is 12.0. The van der Waals surface area contributed by atoms with Gasteiger partial charge in [0.1, 0.15) is 12.4 Å². The second-order valence-electron chi connectivity index (χ2n) is 5.26. The van der Waals surface area contributed by atoms with E-state index in [1.165, 1.54) is 5.56 Å². The molecule has 0 fully saturated rings. The van der Waals surface area contributed by atoms with Crippen LogP contribution in [-0.2, 0) is 11.3 Å². The van der Waals surface area contributed by atoms with Crippen LogP contribution in [0.5, 0.6) is 5.75 Å². The van der Waals surface area contributed by atoms with Crippen LogP contribution in [-0.4, -0.2) is 25.4 Å². The van der Waals surface area contributed by atoms with Crippen LogP contribution in [0.25, 0.3) is 0 Å². The average Bonchev–Trinajstić information content (AvgIpc) is 2.32. The van der Waals surface area contributed by atoms with Gasteiger partial charge in [-0.3, -0.25) is 0 Å². The second kappa shape index (κ2) is 7.39. The van der Waals surface area contributed by atoms with Crippen LogP contribution in [0.15, 0.2) is 24.3 Å². The zero-order chi connectivity index (χ0) is 13.4. The van der Waals surface area contributed by atoms with Gasteiger partial charge >= 0.3 is 0 Å². The van der Waals surface area contributed by atoms with Crippen molar-refractivity contribution in [3.05, 3.63) is 29.8 Å². The van der Waals surface area contributed by atoms with Crippen LogP contribution in [0.4, 0.5) is 0 Å². The Morgan fingerprint density at radius 3 is 2.50 bits per heavy atom. The maximum atomic E-state index is 5.74. The molecule has 0 radical (unpaired) electrons. The van der Waals surface area contributed by atoms with E-state index in [2.05, 4.69) is 32.2 Å². The smallest absolute Gasteiger partial charge is 0.123 e. The van der Waals surface area contributed by atoms with E-state index in [0.717, 1.165) is 18.9 Å². The van der Waals surface area contributed by atoms with Gasteiger partial charge in [-0.1, -0.05) is 18.2 Å². The number of rotatable bonds is 7. The van der Waals surface area contributed by atoms with Crippen LogP contribution in [0, 0.1) is 0 Å². The predicted molar refractivity (Wildman–Crippen MR) is 75.0 cm³/mol. The van der Waals surface area contributed by atoms with Crippen molar-refractivity contribution in [1.82, 2.24) is 5.32 Å². The lowest BCUT2D eigenvalue weighted by molar-refractivity contribution is 0.109. The van der Waals surface area contributed by atoms with Gasteiger partial charge in [0.2, 0.25) is 0 Å². The number of hydrogen-bond donors (Lipinski definition) is 1. The van der Waals surface area contributed by atoms with Gasteiger partial charge in [-0.2, -0.15) is 0 Å². The topological polar surface area (TPSA) is 30.5 Å². The molecule has 3 heteroatoms. The van der Waals surface area contributed by atoms with Crippen molar-refractivity contribution in [2.24, 2.45) is 0 Å². The fourth-order valence-electron chi connectivity index (χ4n) is 1.51. The van der Waals surface area contributed by atoms with Crippen molar-refractivity contribution >= 4 is 0 Å². The van der Waals surface area contributed by atoms with E-state index in [1.807, 2.05) is 25.1 Å². The molecule has 0 bridgehead atoms. The van der Waals surface area contributed by atoms with Gasteiger partial charge in [0.05, 0.1) is 6.61 Å². The minimum absolute atomic E-state index is 0.110. The van der Waals surface area contributed by atoms with Gasteiger partial charge in [0.25, 0.3) is 0 Å². The first-order chi connectivity index (χ1) is 8.53. The lowest BCUT2D eigenvalue weighted by Gasteiger charge is -2.21. The normalized spacial score (nSPS) is 11.6. The molecule has 0 aliphatic rings. The molecule has 0 aliphatic carbocycles. The third kappa shape index (κ3) is 6.03. The molecule has 0 heterocycles. The highest BCUT2D eigenvalue weighted by Gasteiger charge is 2.10. The third-order valence-electron chi connectivity index (χ3n) is 2.47. The molecule has 0 unspecified atom stereocenters. The Balaban J connectivity index is 2.51. The van der Waals surface area contributed by atoms with Crippen molar-refractivity contribution in [3.63, 3.8) is 0 Å². The van der Waals surface area contributed by atoms with E-state index < -0.39 is 0 Å². The molecule has 102 valence electrons. The zero-order valence-electron chi connectivity index (χ0n) is 12.0.